The van der Waals surface area contributed by atoms with E-state index in [2.05, 4.69) is 71.2 Å². The number of rotatable bonds is 40. The Labute approximate surface area is 435 Å². The van der Waals surface area contributed by atoms with Crippen LogP contribution in [0.2, 0.25) is 0 Å². The Kier molecular flexibility index (Phi) is 29.1. The minimum absolute atomic E-state index is 0.00265. The first-order valence-electron chi connectivity index (χ1n) is 24.9. The largest absolute Gasteiger partial charge is 0.394 e. The van der Waals surface area contributed by atoms with Gasteiger partial charge >= 0.3 is 0 Å². The van der Waals surface area contributed by atoms with Gasteiger partial charge in [0.1, 0.15) is 22.5 Å². The maximum Gasteiger partial charge on any atom is 0.224 e. The molecule has 2 unspecified atom stereocenters. The fourth-order valence-electron chi connectivity index (χ4n) is 7.55. The Morgan fingerprint density at radius 1 is 0.620 bits per heavy atom. The Bertz CT molecular complexity index is 1700. The second kappa shape index (κ2) is 32.0. The molecule has 23 heteroatoms. The van der Waals surface area contributed by atoms with Crippen LogP contribution in [-0.2, 0) is 50.2 Å². The van der Waals surface area contributed by atoms with Crippen LogP contribution < -0.4 is 16.0 Å². The summed E-state index contributed by atoms with van der Waals surface area (Å²) in [6.07, 6.45) is 7.84. The lowest BCUT2D eigenvalue weighted by Gasteiger charge is -2.35. The predicted molar refractivity (Wildman–Crippen MR) is 281 cm³/mol. The van der Waals surface area contributed by atoms with Crippen LogP contribution in [-0.4, -0.2) is 180 Å². The second-order valence-electron chi connectivity index (χ2n) is 20.9. The van der Waals surface area contributed by atoms with E-state index >= 15 is 0 Å². The van der Waals surface area contributed by atoms with E-state index in [4.69, 9.17) is 9.47 Å². The molecule has 71 heavy (non-hydrogen) atoms. The van der Waals surface area contributed by atoms with Crippen molar-refractivity contribution in [3.63, 3.8) is 0 Å². The highest BCUT2D eigenvalue weighted by atomic mass is 32.2. The molecule has 2 rings (SSSR count). The van der Waals surface area contributed by atoms with Crippen molar-refractivity contribution < 1.29 is 54.5 Å². The molecule has 0 aliphatic rings. The normalized spacial score (nSPS) is 14.5. The molecule has 0 fully saturated rings. The molecular weight excluding hydrogens is 975 g/mol. The monoisotopic (exact) mass is 1060 g/mol. The van der Waals surface area contributed by atoms with Gasteiger partial charge in [-0.15, -0.1) is 10.2 Å². The third-order valence-corrected chi connectivity index (χ3v) is 16.2. The number of ether oxygens (including phenoxy) is 2. The van der Waals surface area contributed by atoms with Gasteiger partial charge in [0.05, 0.1) is 84.0 Å². The summed E-state index contributed by atoms with van der Waals surface area (Å²) in [7, 11) is 0. The number of amides is 3. The average molecular weight is 1060 g/mol. The average Bonchev–Trinajstić information content (AvgIpc) is 3.99. The van der Waals surface area contributed by atoms with Crippen molar-refractivity contribution in [1.29, 1.82) is 0 Å². The molecule has 20 nitrogen and oxygen atoms in total. The van der Waals surface area contributed by atoms with Crippen LogP contribution in [0.15, 0.2) is 12.4 Å². The van der Waals surface area contributed by atoms with Gasteiger partial charge in [0.2, 0.25) is 17.7 Å². The molecule has 2 heterocycles. The number of aliphatic hydroxyl groups excluding tert-OH is 6. The van der Waals surface area contributed by atoms with E-state index in [-0.39, 0.29) is 77.3 Å². The quantitative estimate of drug-likeness (QED) is 0.0434. The molecule has 0 radical (unpaired) electrons. The van der Waals surface area contributed by atoms with Crippen LogP contribution in [0.1, 0.15) is 119 Å². The van der Waals surface area contributed by atoms with E-state index in [1.165, 1.54) is 0 Å². The smallest absolute Gasteiger partial charge is 0.224 e. The van der Waals surface area contributed by atoms with Crippen molar-refractivity contribution in [2.45, 2.75) is 160 Å². The van der Waals surface area contributed by atoms with Gasteiger partial charge in [-0.3, -0.25) is 23.7 Å². The molecule has 3 amide bonds. The van der Waals surface area contributed by atoms with Crippen LogP contribution in [0.3, 0.4) is 0 Å². The summed E-state index contributed by atoms with van der Waals surface area (Å²) in [5, 5.41) is 83.9. The molecule has 2 aromatic rings. The van der Waals surface area contributed by atoms with Crippen LogP contribution in [0.25, 0.3) is 0 Å². The first-order chi connectivity index (χ1) is 33.5. The van der Waals surface area contributed by atoms with Crippen LogP contribution in [0.4, 0.5) is 0 Å². The van der Waals surface area contributed by atoms with Crippen molar-refractivity contribution in [2.24, 2.45) is 23.7 Å². The summed E-state index contributed by atoms with van der Waals surface area (Å²) in [5.74, 6) is 1.85. The highest BCUT2D eigenvalue weighted by Gasteiger charge is 2.38. The van der Waals surface area contributed by atoms with Gasteiger partial charge in [-0.25, -0.2) is 0 Å². The highest BCUT2D eigenvalue weighted by molar-refractivity contribution is 8.00. The Morgan fingerprint density at radius 3 is 1.37 bits per heavy atom. The summed E-state index contributed by atoms with van der Waals surface area (Å²) < 4.78 is 15.3. The molecule has 0 aliphatic carbocycles. The highest BCUT2D eigenvalue weighted by Crippen LogP contribution is 2.36. The van der Waals surface area contributed by atoms with Crippen molar-refractivity contribution in [1.82, 2.24) is 45.9 Å². The number of carbonyl (C=O) groups is 3. The number of thioether (sulfide) groups is 3. The van der Waals surface area contributed by atoms with Gasteiger partial charge in [0.15, 0.2) is 0 Å². The first kappa shape index (κ1) is 64.5. The molecule has 0 bridgehead atoms. The number of aromatic nitrogens is 6. The molecular formula is C48H89N9O11S3. The Morgan fingerprint density at radius 2 is 1.01 bits per heavy atom. The van der Waals surface area contributed by atoms with Crippen molar-refractivity contribution in [2.75, 3.05) is 75.9 Å². The minimum Gasteiger partial charge on any atom is -0.394 e. The topological polar surface area (TPSA) is 289 Å². The lowest BCUT2D eigenvalue weighted by Crippen LogP contribution is -2.59. The molecule has 0 saturated carbocycles. The molecule has 0 aromatic carbocycles. The van der Waals surface area contributed by atoms with Gasteiger partial charge in [-0.1, -0.05) is 72.7 Å². The SMILES string of the molecule is CCCSCCC(=O)NC(C)(COCc1cn(CCCSC(C)(C)CC(C(=O)NC(CO)(CO)CO)C(C)C)nn1)COCc1cn(CCCSC(C)(C)CC(C(=O)NC(CO)(CO)CO)C(C)C)nn1. The van der Waals surface area contributed by atoms with Crippen LogP contribution >= 0.6 is 35.3 Å². The number of aryl methyl sites for hydroxylation is 2. The minimum atomic E-state index is -1.47. The van der Waals surface area contributed by atoms with Crippen molar-refractivity contribution in [3.05, 3.63) is 23.8 Å². The van der Waals surface area contributed by atoms with Crippen molar-refractivity contribution >= 4 is 53.0 Å². The Hall–Kier alpha value is -2.58. The van der Waals surface area contributed by atoms with Gasteiger partial charge in [-0.2, -0.15) is 35.3 Å². The number of hydrogen-bond acceptors (Lipinski definition) is 18. The molecule has 9 N–H and O–H groups in total. The molecule has 2 aromatic heterocycles. The maximum atomic E-state index is 13.2. The van der Waals surface area contributed by atoms with E-state index in [1.807, 2.05) is 47.0 Å². The molecule has 0 saturated heterocycles. The zero-order chi connectivity index (χ0) is 53.3. The van der Waals surface area contributed by atoms with Crippen LogP contribution in [0, 0.1) is 23.7 Å². The lowest BCUT2D eigenvalue weighted by atomic mass is 9.85. The van der Waals surface area contributed by atoms with Gasteiger partial charge in [0, 0.05) is 46.6 Å². The first-order valence-corrected chi connectivity index (χ1v) is 28.0. The summed E-state index contributed by atoms with van der Waals surface area (Å²) in [4.78, 5) is 39.5. The Balaban J connectivity index is 1.91. The molecule has 0 aliphatic heterocycles. The molecule has 410 valence electrons. The number of hydrogen-bond donors (Lipinski definition) is 9. The van der Waals surface area contributed by atoms with E-state index in [9.17, 15) is 45.0 Å². The third kappa shape index (κ3) is 23.7. The lowest BCUT2D eigenvalue weighted by molar-refractivity contribution is -0.131. The number of carbonyl (C=O) groups excluding carboxylic acids is 3. The predicted octanol–water partition coefficient (Wildman–Crippen LogP) is 2.80. The van der Waals surface area contributed by atoms with E-state index < -0.39 is 56.3 Å². The fraction of sp³-hybridized carbons (Fsp3) is 0.854. The number of nitrogens with zero attached hydrogens (tertiary/aromatic N) is 6. The third-order valence-electron chi connectivity index (χ3n) is 12.1. The van der Waals surface area contributed by atoms with E-state index in [0.717, 1.165) is 36.5 Å². The second-order valence-corrected chi connectivity index (χ2v) is 25.8. The summed E-state index contributed by atoms with van der Waals surface area (Å²) in [5.41, 5.74) is -2.50. The molecule has 2 atom stereocenters. The van der Waals surface area contributed by atoms with Crippen LogP contribution in [0.5, 0.6) is 0 Å². The summed E-state index contributed by atoms with van der Waals surface area (Å²) >= 11 is 5.24. The van der Waals surface area contributed by atoms with Gasteiger partial charge < -0.3 is 56.1 Å². The van der Waals surface area contributed by atoms with E-state index in [0.29, 0.717) is 49.5 Å². The van der Waals surface area contributed by atoms with Crippen molar-refractivity contribution in [3.8, 4) is 0 Å². The fourth-order valence-corrected chi connectivity index (χ4v) is 10.6. The standard InChI is InChI=1S/C48H89N9O11S3/c1-11-17-69-20-14-41(64)49-46(10,33-67-25-37-23-56(54-52-37)15-12-18-70-44(6,7)21-39(35(2)3)42(65)50-47(27-58,28-59)29-60)34-68-26-38-24-57(55-53-38)16-13-19-71-45(8,9)22-40(36(4)5)43(66)51-48(30-61,31-62)32-63/h23-24,35-36,39-40,58-63H,11-22,25-34H2,1-10H3,(H,49,64)(H,50,65)(H,51,66). The zero-order valence-corrected chi connectivity index (χ0v) is 46.6. The number of aliphatic hydroxyl groups is 6. The van der Waals surface area contributed by atoms with Gasteiger partial charge in [-0.05, 0) is 68.1 Å². The zero-order valence-electron chi connectivity index (χ0n) is 44.2. The van der Waals surface area contributed by atoms with E-state index in [1.54, 1.807) is 44.6 Å². The van der Waals surface area contributed by atoms with Gasteiger partial charge in [0.25, 0.3) is 0 Å². The maximum absolute atomic E-state index is 13.2. The summed E-state index contributed by atoms with van der Waals surface area (Å²) in [6, 6.07) is 0. The summed E-state index contributed by atoms with van der Waals surface area (Å²) in [6.45, 7) is 18.7. The number of nitrogens with one attached hydrogen (secondary N) is 3. The molecule has 0 spiro atoms.